The van der Waals surface area contributed by atoms with Crippen LogP contribution in [0.5, 0.6) is 5.75 Å². The molecule has 0 spiro atoms. The summed E-state index contributed by atoms with van der Waals surface area (Å²) in [6, 6.07) is 10.7. The molecule has 2 aromatic carbocycles. The van der Waals surface area contributed by atoms with Crippen molar-refractivity contribution in [2.75, 3.05) is 5.32 Å². The van der Waals surface area contributed by atoms with Crippen molar-refractivity contribution in [2.24, 2.45) is 5.41 Å². The van der Waals surface area contributed by atoms with Gasteiger partial charge in [0, 0.05) is 14.4 Å². The minimum absolute atomic E-state index is 0.0780. The van der Waals surface area contributed by atoms with Crippen molar-refractivity contribution in [3.8, 4) is 5.75 Å². The second-order valence-corrected chi connectivity index (χ2v) is 8.83. The summed E-state index contributed by atoms with van der Waals surface area (Å²) in [4.78, 5) is 36.6. The number of hydrogen-bond acceptors (Lipinski definition) is 4. The fourth-order valence-electron chi connectivity index (χ4n) is 2.22. The van der Waals surface area contributed by atoms with E-state index in [4.69, 9.17) is 9.84 Å². The molecule has 8 heteroatoms. The van der Waals surface area contributed by atoms with Crippen LogP contribution < -0.4 is 10.1 Å². The van der Waals surface area contributed by atoms with Crippen LogP contribution in [0.1, 0.15) is 31.1 Å². The van der Waals surface area contributed by atoms with Gasteiger partial charge in [-0.05, 0) is 58.4 Å². The molecule has 0 saturated heterocycles. The van der Waals surface area contributed by atoms with Gasteiger partial charge in [-0.25, -0.2) is 4.79 Å². The highest BCUT2D eigenvalue weighted by molar-refractivity contribution is 9.11. The van der Waals surface area contributed by atoms with Gasteiger partial charge in [-0.15, -0.1) is 0 Å². The molecule has 0 fully saturated rings. The largest absolute Gasteiger partial charge is 0.478 e. The summed E-state index contributed by atoms with van der Waals surface area (Å²) in [5.74, 6) is -1.88. The number of amides is 1. The molecule has 1 amide bonds. The molecule has 28 heavy (non-hydrogen) atoms. The lowest BCUT2D eigenvalue weighted by Gasteiger charge is -2.25. The molecular formula is C20H19Br2NO5. The van der Waals surface area contributed by atoms with Crippen molar-refractivity contribution in [1.82, 2.24) is 0 Å². The summed E-state index contributed by atoms with van der Waals surface area (Å²) in [5.41, 5.74) is -0.251. The number of ketones is 1. The molecule has 0 heterocycles. The molecule has 0 radical (unpaired) electrons. The molecule has 0 aromatic heterocycles. The lowest BCUT2D eigenvalue weighted by molar-refractivity contribution is -0.140. The molecule has 0 aliphatic carbocycles. The summed E-state index contributed by atoms with van der Waals surface area (Å²) >= 11 is 6.70. The number of Topliss-reactive ketones (excluding diaryl/α,β-unsaturated/α-hetero) is 1. The SMILES string of the molecule is CC(C)(C)C(=O)C(Oc1ccc(C(=O)O)cc1)C(=O)Nc1ccc(Br)cc1Br. The Morgan fingerprint density at radius 3 is 2.14 bits per heavy atom. The number of carbonyl (C=O) groups excluding carboxylic acids is 2. The predicted octanol–water partition coefficient (Wildman–Crippen LogP) is 4.91. The van der Waals surface area contributed by atoms with Crippen LogP contribution in [0.25, 0.3) is 0 Å². The number of hydrogen-bond donors (Lipinski definition) is 2. The van der Waals surface area contributed by atoms with Crippen LogP contribution in [0.3, 0.4) is 0 Å². The lowest BCUT2D eigenvalue weighted by Crippen LogP contribution is -2.45. The minimum atomic E-state index is -1.40. The van der Waals surface area contributed by atoms with Crippen LogP contribution >= 0.6 is 31.9 Å². The topological polar surface area (TPSA) is 92.7 Å². The zero-order valence-electron chi connectivity index (χ0n) is 15.5. The first kappa shape index (κ1) is 22.1. The first-order valence-corrected chi connectivity index (χ1v) is 9.88. The Labute approximate surface area is 179 Å². The van der Waals surface area contributed by atoms with Gasteiger partial charge in [-0.1, -0.05) is 36.7 Å². The number of ether oxygens (including phenoxy) is 1. The highest BCUT2D eigenvalue weighted by Crippen LogP contribution is 2.27. The summed E-state index contributed by atoms with van der Waals surface area (Å²) in [6.45, 7) is 5.09. The smallest absolute Gasteiger partial charge is 0.335 e. The summed E-state index contributed by atoms with van der Waals surface area (Å²) in [6.07, 6.45) is -1.40. The highest BCUT2D eigenvalue weighted by Gasteiger charge is 2.37. The second-order valence-electron chi connectivity index (χ2n) is 7.06. The molecule has 0 aliphatic heterocycles. The number of carbonyl (C=O) groups is 3. The number of nitrogens with one attached hydrogen (secondary N) is 1. The zero-order chi connectivity index (χ0) is 21.1. The van der Waals surface area contributed by atoms with E-state index in [-0.39, 0.29) is 11.3 Å². The van der Waals surface area contributed by atoms with E-state index in [1.807, 2.05) is 0 Å². The maximum atomic E-state index is 12.8. The maximum Gasteiger partial charge on any atom is 0.335 e. The van der Waals surface area contributed by atoms with E-state index < -0.39 is 29.2 Å². The zero-order valence-corrected chi connectivity index (χ0v) is 18.6. The monoisotopic (exact) mass is 511 g/mol. The summed E-state index contributed by atoms with van der Waals surface area (Å²) < 4.78 is 7.13. The molecule has 1 atom stereocenters. The number of carboxylic acids is 1. The van der Waals surface area contributed by atoms with Crippen molar-refractivity contribution < 1.29 is 24.2 Å². The predicted molar refractivity (Wildman–Crippen MR) is 113 cm³/mol. The highest BCUT2D eigenvalue weighted by atomic mass is 79.9. The average molecular weight is 513 g/mol. The van der Waals surface area contributed by atoms with Gasteiger partial charge in [0.15, 0.2) is 5.78 Å². The van der Waals surface area contributed by atoms with Crippen molar-refractivity contribution in [3.05, 3.63) is 57.0 Å². The first-order chi connectivity index (χ1) is 13.0. The van der Waals surface area contributed by atoms with Gasteiger partial charge >= 0.3 is 5.97 Å². The van der Waals surface area contributed by atoms with Gasteiger partial charge in [-0.3, -0.25) is 9.59 Å². The van der Waals surface area contributed by atoms with E-state index in [1.54, 1.807) is 39.0 Å². The third-order valence-electron chi connectivity index (χ3n) is 3.76. The van der Waals surface area contributed by atoms with Gasteiger partial charge < -0.3 is 15.2 Å². The van der Waals surface area contributed by atoms with Crippen LogP contribution in [0, 0.1) is 5.41 Å². The van der Waals surface area contributed by atoms with Gasteiger partial charge in [0.25, 0.3) is 5.91 Å². The summed E-state index contributed by atoms with van der Waals surface area (Å²) in [5, 5.41) is 11.7. The van der Waals surface area contributed by atoms with Crippen LogP contribution in [0.15, 0.2) is 51.4 Å². The van der Waals surface area contributed by atoms with Gasteiger partial charge in [-0.2, -0.15) is 0 Å². The van der Waals surface area contributed by atoms with Gasteiger partial charge in [0.05, 0.1) is 11.3 Å². The molecular weight excluding hydrogens is 494 g/mol. The Morgan fingerprint density at radius 2 is 1.64 bits per heavy atom. The van der Waals surface area contributed by atoms with E-state index in [2.05, 4.69) is 37.2 Å². The number of anilines is 1. The number of benzene rings is 2. The number of carboxylic acid groups (broad SMARTS) is 1. The van der Waals surface area contributed by atoms with E-state index in [0.29, 0.717) is 10.2 Å². The quantitative estimate of drug-likeness (QED) is 0.536. The fraction of sp³-hybridized carbons (Fsp3) is 0.250. The fourth-order valence-corrected chi connectivity index (χ4v) is 3.37. The third kappa shape index (κ3) is 5.65. The Kier molecular flexibility index (Phi) is 7.01. The number of rotatable bonds is 6. The maximum absolute atomic E-state index is 12.8. The molecule has 2 rings (SSSR count). The van der Waals surface area contributed by atoms with Crippen LogP contribution in [0.4, 0.5) is 5.69 Å². The Morgan fingerprint density at radius 1 is 1.04 bits per heavy atom. The number of halogens is 2. The molecule has 2 N–H and O–H groups in total. The second kappa shape index (κ2) is 8.87. The Bertz CT molecular complexity index is 904. The minimum Gasteiger partial charge on any atom is -0.478 e. The molecule has 0 aliphatic rings. The van der Waals surface area contributed by atoms with E-state index >= 15 is 0 Å². The van der Waals surface area contributed by atoms with Crippen LogP contribution in [-0.4, -0.2) is 28.9 Å². The van der Waals surface area contributed by atoms with Crippen molar-refractivity contribution in [3.63, 3.8) is 0 Å². The normalized spacial score (nSPS) is 12.2. The van der Waals surface area contributed by atoms with Gasteiger partial charge in [0.1, 0.15) is 5.75 Å². The molecule has 148 valence electrons. The molecule has 1 unspecified atom stereocenters. The lowest BCUT2D eigenvalue weighted by atomic mass is 9.87. The van der Waals surface area contributed by atoms with E-state index in [9.17, 15) is 14.4 Å². The Balaban J connectivity index is 2.29. The molecule has 0 bridgehead atoms. The third-order valence-corrected chi connectivity index (χ3v) is 4.91. The standard InChI is InChI=1S/C20H19Br2NO5/c1-20(2,3)17(24)16(28-13-7-4-11(5-8-13)19(26)27)18(25)23-15-9-6-12(21)10-14(15)22/h4-10,16H,1-3H3,(H,23,25)(H,26,27). The van der Waals surface area contributed by atoms with Crippen LogP contribution in [-0.2, 0) is 9.59 Å². The van der Waals surface area contributed by atoms with Crippen molar-refractivity contribution in [2.45, 2.75) is 26.9 Å². The Hall–Kier alpha value is -2.19. The average Bonchev–Trinajstić information content (AvgIpc) is 2.61. The van der Waals surface area contributed by atoms with Gasteiger partial charge in [0.2, 0.25) is 6.10 Å². The molecule has 0 saturated carbocycles. The van der Waals surface area contributed by atoms with E-state index in [1.165, 1.54) is 24.3 Å². The van der Waals surface area contributed by atoms with Crippen LogP contribution in [0.2, 0.25) is 0 Å². The van der Waals surface area contributed by atoms with Crippen molar-refractivity contribution in [1.29, 1.82) is 0 Å². The first-order valence-electron chi connectivity index (χ1n) is 8.29. The molecule has 2 aromatic rings. The van der Waals surface area contributed by atoms with Crippen molar-refractivity contribution >= 4 is 55.2 Å². The van der Waals surface area contributed by atoms with E-state index in [0.717, 1.165) is 4.47 Å². The summed E-state index contributed by atoms with van der Waals surface area (Å²) in [7, 11) is 0. The molecule has 6 nitrogen and oxygen atoms in total. The number of aromatic carboxylic acids is 1.